The van der Waals surface area contributed by atoms with E-state index in [1.54, 1.807) is 0 Å². The lowest BCUT2D eigenvalue weighted by molar-refractivity contribution is 0.0683. The number of halogens is 1. The minimum atomic E-state index is -0.194. The number of aromatic nitrogens is 2. The predicted molar refractivity (Wildman–Crippen MR) is 110 cm³/mol. The summed E-state index contributed by atoms with van der Waals surface area (Å²) in [6.45, 7) is 11.4. The molecule has 2 aromatic rings. The number of guanidine groups is 1. The van der Waals surface area contributed by atoms with Crippen LogP contribution in [0.15, 0.2) is 26.1 Å². The Labute approximate surface area is 171 Å². The highest BCUT2D eigenvalue weighted by Crippen LogP contribution is 2.16. The Kier molecular flexibility index (Phi) is 9.63. The molecule has 0 radical (unpaired) electrons. The molecular formula is C17H28IN5O3. The van der Waals surface area contributed by atoms with Crippen molar-refractivity contribution in [3.63, 3.8) is 0 Å². The van der Waals surface area contributed by atoms with Crippen LogP contribution in [0.4, 0.5) is 0 Å². The molecule has 0 aliphatic rings. The second kappa shape index (κ2) is 11.2. The smallest absolute Gasteiger partial charge is 0.248 e. The lowest BCUT2D eigenvalue weighted by Crippen LogP contribution is -2.38. The number of aryl methyl sites for hydroxylation is 1. The van der Waals surface area contributed by atoms with Gasteiger partial charge in [-0.15, -0.1) is 24.0 Å². The van der Waals surface area contributed by atoms with Crippen LogP contribution in [-0.2, 0) is 11.3 Å². The standard InChI is InChI=1S/C17H27N5O3.HI/c1-6-18-17(20-12(4)14-9-8-11(3)24-14)19-10-15-21-16(22-25-15)13(5)23-7-2;/h8-9,12-13H,6-7,10H2,1-5H3,(H2,18,19,20);1H. The van der Waals surface area contributed by atoms with Gasteiger partial charge >= 0.3 is 0 Å². The molecule has 0 bridgehead atoms. The zero-order valence-electron chi connectivity index (χ0n) is 15.9. The fourth-order valence-corrected chi connectivity index (χ4v) is 2.25. The van der Waals surface area contributed by atoms with E-state index in [1.165, 1.54) is 0 Å². The van der Waals surface area contributed by atoms with Gasteiger partial charge in [0, 0.05) is 13.2 Å². The zero-order valence-corrected chi connectivity index (χ0v) is 18.2. The summed E-state index contributed by atoms with van der Waals surface area (Å²) in [5, 5.41) is 10.4. The van der Waals surface area contributed by atoms with Crippen molar-refractivity contribution in [3.8, 4) is 0 Å². The third-order valence-corrected chi connectivity index (χ3v) is 3.52. The summed E-state index contributed by atoms with van der Waals surface area (Å²) in [7, 11) is 0. The number of nitrogens with zero attached hydrogens (tertiary/aromatic N) is 3. The molecule has 0 spiro atoms. The molecule has 146 valence electrons. The summed E-state index contributed by atoms with van der Waals surface area (Å²) in [4.78, 5) is 8.81. The second-order valence-electron chi connectivity index (χ2n) is 5.65. The van der Waals surface area contributed by atoms with Crippen molar-refractivity contribution in [1.29, 1.82) is 0 Å². The molecule has 2 atom stereocenters. The lowest BCUT2D eigenvalue weighted by Gasteiger charge is -2.15. The summed E-state index contributed by atoms with van der Waals surface area (Å²) in [6, 6.07) is 3.88. The number of hydrogen-bond acceptors (Lipinski definition) is 6. The largest absolute Gasteiger partial charge is 0.464 e. The van der Waals surface area contributed by atoms with Crippen LogP contribution in [0.2, 0.25) is 0 Å². The second-order valence-corrected chi connectivity index (χ2v) is 5.65. The van der Waals surface area contributed by atoms with Crippen LogP contribution in [0.1, 0.15) is 63.1 Å². The molecule has 2 aromatic heterocycles. The molecule has 0 aliphatic heterocycles. The first-order valence-electron chi connectivity index (χ1n) is 8.58. The molecular weight excluding hydrogens is 449 g/mol. The van der Waals surface area contributed by atoms with E-state index in [4.69, 9.17) is 13.7 Å². The molecule has 26 heavy (non-hydrogen) atoms. The Hall–Kier alpha value is -1.62. The van der Waals surface area contributed by atoms with E-state index in [-0.39, 0.29) is 42.7 Å². The van der Waals surface area contributed by atoms with Crippen LogP contribution < -0.4 is 10.6 Å². The Morgan fingerprint density at radius 3 is 2.69 bits per heavy atom. The van der Waals surface area contributed by atoms with Gasteiger partial charge in [0.15, 0.2) is 11.8 Å². The van der Waals surface area contributed by atoms with Crippen molar-refractivity contribution in [2.45, 2.75) is 53.3 Å². The van der Waals surface area contributed by atoms with Gasteiger partial charge in [-0.25, -0.2) is 4.99 Å². The van der Waals surface area contributed by atoms with Crippen molar-refractivity contribution >= 4 is 29.9 Å². The van der Waals surface area contributed by atoms with Gasteiger partial charge in [0.25, 0.3) is 0 Å². The first kappa shape index (κ1) is 22.4. The minimum absolute atomic E-state index is 0. The van der Waals surface area contributed by atoms with E-state index in [0.717, 1.165) is 18.1 Å². The van der Waals surface area contributed by atoms with E-state index in [0.29, 0.717) is 24.3 Å². The van der Waals surface area contributed by atoms with Crippen molar-refractivity contribution in [2.24, 2.45) is 4.99 Å². The Morgan fingerprint density at radius 1 is 1.31 bits per heavy atom. The van der Waals surface area contributed by atoms with Gasteiger partial charge in [0.1, 0.15) is 24.2 Å². The molecule has 9 heteroatoms. The van der Waals surface area contributed by atoms with Gasteiger partial charge < -0.3 is 24.3 Å². The van der Waals surface area contributed by atoms with Gasteiger partial charge in [-0.1, -0.05) is 5.16 Å². The topological polar surface area (TPSA) is 97.7 Å². The summed E-state index contributed by atoms with van der Waals surface area (Å²) in [6.07, 6.45) is -0.194. The lowest BCUT2D eigenvalue weighted by atomic mass is 10.2. The Bertz CT molecular complexity index is 686. The molecule has 2 unspecified atom stereocenters. The van der Waals surface area contributed by atoms with Gasteiger partial charge in [-0.2, -0.15) is 4.98 Å². The first-order chi connectivity index (χ1) is 12.0. The number of furan rings is 1. The average Bonchev–Trinajstić information content (AvgIpc) is 3.22. The van der Waals surface area contributed by atoms with E-state index < -0.39 is 0 Å². The molecule has 2 heterocycles. The highest BCUT2D eigenvalue weighted by atomic mass is 127. The van der Waals surface area contributed by atoms with Crippen molar-refractivity contribution in [3.05, 3.63) is 35.4 Å². The van der Waals surface area contributed by atoms with Gasteiger partial charge in [-0.05, 0) is 46.8 Å². The molecule has 2 N–H and O–H groups in total. The van der Waals surface area contributed by atoms with E-state index in [2.05, 4.69) is 25.8 Å². The molecule has 0 fully saturated rings. The minimum Gasteiger partial charge on any atom is -0.464 e. The molecule has 0 amide bonds. The van der Waals surface area contributed by atoms with Gasteiger partial charge in [-0.3, -0.25) is 0 Å². The van der Waals surface area contributed by atoms with Crippen LogP contribution in [0, 0.1) is 6.92 Å². The van der Waals surface area contributed by atoms with Crippen molar-refractivity contribution < 1.29 is 13.7 Å². The van der Waals surface area contributed by atoms with E-state index in [1.807, 2.05) is 46.8 Å². The maximum atomic E-state index is 5.64. The number of nitrogens with one attached hydrogen (secondary N) is 2. The van der Waals surface area contributed by atoms with Crippen molar-refractivity contribution in [1.82, 2.24) is 20.8 Å². The van der Waals surface area contributed by atoms with Crippen LogP contribution in [0.25, 0.3) is 0 Å². The molecule has 0 aromatic carbocycles. The van der Waals surface area contributed by atoms with E-state index >= 15 is 0 Å². The number of ether oxygens (including phenoxy) is 1. The highest BCUT2D eigenvalue weighted by molar-refractivity contribution is 14.0. The third kappa shape index (κ3) is 6.60. The highest BCUT2D eigenvalue weighted by Gasteiger charge is 2.14. The molecule has 0 saturated carbocycles. The van der Waals surface area contributed by atoms with E-state index in [9.17, 15) is 0 Å². The first-order valence-corrected chi connectivity index (χ1v) is 8.58. The number of aliphatic imine (C=N–C) groups is 1. The van der Waals surface area contributed by atoms with Gasteiger partial charge in [0.2, 0.25) is 5.89 Å². The predicted octanol–water partition coefficient (Wildman–Crippen LogP) is 3.50. The SMILES string of the molecule is CCNC(=NCc1nc(C(C)OCC)no1)NC(C)c1ccc(C)o1.I. The maximum absolute atomic E-state index is 5.64. The number of rotatable bonds is 8. The molecule has 8 nitrogen and oxygen atoms in total. The monoisotopic (exact) mass is 477 g/mol. The summed E-state index contributed by atoms with van der Waals surface area (Å²) < 4.78 is 16.3. The Morgan fingerprint density at radius 2 is 2.08 bits per heavy atom. The average molecular weight is 477 g/mol. The fraction of sp³-hybridized carbons (Fsp3) is 0.588. The van der Waals surface area contributed by atoms with Crippen LogP contribution in [0.5, 0.6) is 0 Å². The third-order valence-electron chi connectivity index (χ3n) is 3.52. The summed E-state index contributed by atoms with van der Waals surface area (Å²) in [5.41, 5.74) is 0. The normalized spacial score (nSPS) is 13.8. The zero-order chi connectivity index (χ0) is 18.2. The fourth-order valence-electron chi connectivity index (χ4n) is 2.25. The maximum Gasteiger partial charge on any atom is 0.248 e. The number of hydrogen-bond donors (Lipinski definition) is 2. The van der Waals surface area contributed by atoms with Crippen molar-refractivity contribution in [2.75, 3.05) is 13.2 Å². The van der Waals surface area contributed by atoms with Crippen LogP contribution in [0.3, 0.4) is 0 Å². The van der Waals surface area contributed by atoms with Crippen LogP contribution >= 0.6 is 24.0 Å². The van der Waals surface area contributed by atoms with Crippen LogP contribution in [-0.4, -0.2) is 29.3 Å². The quantitative estimate of drug-likeness (QED) is 0.341. The summed E-state index contributed by atoms with van der Waals surface area (Å²) in [5.74, 6) is 3.37. The molecule has 2 rings (SSSR count). The summed E-state index contributed by atoms with van der Waals surface area (Å²) >= 11 is 0. The van der Waals surface area contributed by atoms with Gasteiger partial charge in [0.05, 0.1) is 6.04 Å². The molecule has 0 saturated heterocycles. The molecule has 0 aliphatic carbocycles. The Balaban J connectivity index is 0.00000338.